The van der Waals surface area contributed by atoms with E-state index in [1.807, 2.05) is 0 Å². The molecule has 0 atom stereocenters. The number of amides is 1. The second-order valence-corrected chi connectivity index (χ2v) is 5.68. The second kappa shape index (κ2) is 8.62. The predicted molar refractivity (Wildman–Crippen MR) is 98.9 cm³/mol. The molecule has 0 aliphatic rings. The van der Waals surface area contributed by atoms with E-state index in [9.17, 15) is 24.5 Å². The zero-order valence-corrected chi connectivity index (χ0v) is 15.1. The Bertz CT molecular complexity index is 956. The highest BCUT2D eigenvalue weighted by molar-refractivity contribution is 5.98. The topological polar surface area (TPSA) is 151 Å². The number of nitro groups is 1. The van der Waals surface area contributed by atoms with Gasteiger partial charge in [0.15, 0.2) is 6.61 Å². The molecule has 0 saturated heterocycles. The number of nitro benzene ring substituents is 1. The number of esters is 2. The number of hydrogen-bond donors (Lipinski definition) is 2. The number of rotatable bonds is 6. The van der Waals surface area contributed by atoms with Gasteiger partial charge in [0.2, 0.25) is 0 Å². The van der Waals surface area contributed by atoms with Crippen molar-refractivity contribution >= 4 is 34.9 Å². The van der Waals surface area contributed by atoms with Gasteiger partial charge < -0.3 is 20.5 Å². The molecular weight excluding hydrogens is 370 g/mol. The molecule has 1 amide bonds. The van der Waals surface area contributed by atoms with Gasteiger partial charge in [-0.25, -0.2) is 9.59 Å². The van der Waals surface area contributed by atoms with Crippen LogP contribution in [-0.2, 0) is 14.3 Å². The second-order valence-electron chi connectivity index (χ2n) is 5.68. The Kier molecular flexibility index (Phi) is 6.27. The van der Waals surface area contributed by atoms with Crippen molar-refractivity contribution in [3.05, 3.63) is 63.2 Å². The maximum absolute atomic E-state index is 12.0. The molecule has 2 rings (SSSR count). The third kappa shape index (κ3) is 4.81. The Morgan fingerprint density at radius 2 is 1.75 bits per heavy atom. The van der Waals surface area contributed by atoms with Crippen molar-refractivity contribution in [1.29, 1.82) is 0 Å². The van der Waals surface area contributed by atoms with Crippen LogP contribution in [0.2, 0.25) is 0 Å². The standard InChI is InChI=1S/C18H17N3O7/c1-10-3-4-11(17(23)27-2)7-14(10)20-16(22)9-28-18(24)12-5-6-13(19)15(8-12)21(25)26/h3-8H,9,19H2,1-2H3,(H,20,22). The largest absolute Gasteiger partial charge is 0.465 e. The average Bonchev–Trinajstić information content (AvgIpc) is 2.67. The molecule has 146 valence electrons. The number of ether oxygens (including phenoxy) is 2. The number of nitrogens with one attached hydrogen (secondary N) is 1. The van der Waals surface area contributed by atoms with Gasteiger partial charge in [-0.1, -0.05) is 6.07 Å². The van der Waals surface area contributed by atoms with Crippen molar-refractivity contribution < 1.29 is 28.8 Å². The summed E-state index contributed by atoms with van der Waals surface area (Å²) in [6.45, 7) is 1.09. The molecule has 10 heteroatoms. The fourth-order valence-corrected chi connectivity index (χ4v) is 2.23. The molecule has 3 N–H and O–H groups in total. The van der Waals surface area contributed by atoms with Gasteiger partial charge in [0, 0.05) is 11.8 Å². The summed E-state index contributed by atoms with van der Waals surface area (Å²) in [6.07, 6.45) is 0. The number of methoxy groups -OCH3 is 1. The Morgan fingerprint density at radius 1 is 1.11 bits per heavy atom. The molecule has 28 heavy (non-hydrogen) atoms. The monoisotopic (exact) mass is 387 g/mol. The van der Waals surface area contributed by atoms with Crippen LogP contribution in [0.4, 0.5) is 17.1 Å². The van der Waals surface area contributed by atoms with Crippen molar-refractivity contribution in [2.75, 3.05) is 24.8 Å². The van der Waals surface area contributed by atoms with Crippen LogP contribution in [0.25, 0.3) is 0 Å². The van der Waals surface area contributed by atoms with Crippen LogP contribution in [0.5, 0.6) is 0 Å². The number of nitrogens with zero attached hydrogens (tertiary/aromatic N) is 1. The van der Waals surface area contributed by atoms with Crippen LogP contribution in [-0.4, -0.2) is 36.5 Å². The molecule has 0 heterocycles. The van der Waals surface area contributed by atoms with Gasteiger partial charge in [0.1, 0.15) is 5.69 Å². The third-order valence-electron chi connectivity index (χ3n) is 3.73. The van der Waals surface area contributed by atoms with E-state index in [1.54, 1.807) is 19.1 Å². The third-order valence-corrected chi connectivity index (χ3v) is 3.73. The van der Waals surface area contributed by atoms with Crippen molar-refractivity contribution in [1.82, 2.24) is 0 Å². The van der Waals surface area contributed by atoms with E-state index in [0.717, 1.165) is 6.07 Å². The molecular formula is C18H17N3O7. The highest BCUT2D eigenvalue weighted by Crippen LogP contribution is 2.23. The molecule has 2 aromatic carbocycles. The highest BCUT2D eigenvalue weighted by atomic mass is 16.6. The highest BCUT2D eigenvalue weighted by Gasteiger charge is 2.18. The van der Waals surface area contributed by atoms with Crippen LogP contribution in [0.1, 0.15) is 26.3 Å². The molecule has 0 fully saturated rings. The van der Waals surface area contributed by atoms with Gasteiger partial charge in [-0.15, -0.1) is 0 Å². The quantitative estimate of drug-likeness (QED) is 0.331. The van der Waals surface area contributed by atoms with Gasteiger partial charge in [0.25, 0.3) is 11.6 Å². The minimum Gasteiger partial charge on any atom is -0.465 e. The number of nitrogens with two attached hydrogens (primary N) is 1. The van der Waals surface area contributed by atoms with Crippen LogP contribution in [0.15, 0.2) is 36.4 Å². The van der Waals surface area contributed by atoms with E-state index in [2.05, 4.69) is 10.1 Å². The lowest BCUT2D eigenvalue weighted by atomic mass is 10.1. The maximum atomic E-state index is 12.0. The molecule has 0 aliphatic heterocycles. The first-order chi connectivity index (χ1) is 13.2. The predicted octanol–water partition coefficient (Wildman–Crippen LogP) is 2.07. The summed E-state index contributed by atoms with van der Waals surface area (Å²) in [4.78, 5) is 45.8. The summed E-state index contributed by atoms with van der Waals surface area (Å²) in [7, 11) is 1.24. The molecule has 0 unspecified atom stereocenters. The van der Waals surface area contributed by atoms with Crippen molar-refractivity contribution in [2.24, 2.45) is 0 Å². The van der Waals surface area contributed by atoms with Gasteiger partial charge in [0.05, 0.1) is 23.2 Å². The molecule has 0 aliphatic carbocycles. The minimum absolute atomic E-state index is 0.0970. The molecule has 0 radical (unpaired) electrons. The zero-order valence-electron chi connectivity index (χ0n) is 15.1. The molecule has 0 aromatic heterocycles. The Hall–Kier alpha value is -3.95. The van der Waals surface area contributed by atoms with E-state index in [1.165, 1.54) is 25.3 Å². The summed E-state index contributed by atoms with van der Waals surface area (Å²) in [6, 6.07) is 8.04. The zero-order chi connectivity index (χ0) is 20.8. The number of anilines is 2. The van der Waals surface area contributed by atoms with Crippen molar-refractivity contribution in [2.45, 2.75) is 6.92 Å². The lowest BCUT2D eigenvalue weighted by Crippen LogP contribution is -2.21. The van der Waals surface area contributed by atoms with Crippen LogP contribution < -0.4 is 11.1 Å². The Balaban J connectivity index is 2.03. The van der Waals surface area contributed by atoms with Gasteiger partial charge in [-0.2, -0.15) is 0 Å². The number of aryl methyl sites for hydroxylation is 1. The van der Waals surface area contributed by atoms with Crippen molar-refractivity contribution in [3.63, 3.8) is 0 Å². The number of nitrogen functional groups attached to an aromatic ring is 1. The first-order valence-corrected chi connectivity index (χ1v) is 7.92. The Morgan fingerprint density at radius 3 is 2.39 bits per heavy atom. The fourth-order valence-electron chi connectivity index (χ4n) is 2.23. The number of benzene rings is 2. The van der Waals surface area contributed by atoms with Gasteiger partial charge >= 0.3 is 11.9 Å². The van der Waals surface area contributed by atoms with E-state index in [0.29, 0.717) is 11.3 Å². The van der Waals surface area contributed by atoms with E-state index in [-0.39, 0.29) is 16.8 Å². The van der Waals surface area contributed by atoms with E-state index in [4.69, 9.17) is 10.5 Å². The van der Waals surface area contributed by atoms with Gasteiger partial charge in [-0.3, -0.25) is 14.9 Å². The molecule has 0 bridgehead atoms. The van der Waals surface area contributed by atoms with Gasteiger partial charge in [-0.05, 0) is 36.8 Å². The SMILES string of the molecule is COC(=O)c1ccc(C)c(NC(=O)COC(=O)c2ccc(N)c([N+](=O)[O-])c2)c1. The van der Waals surface area contributed by atoms with Crippen LogP contribution in [0.3, 0.4) is 0 Å². The first-order valence-electron chi connectivity index (χ1n) is 7.92. The average molecular weight is 387 g/mol. The van der Waals surface area contributed by atoms with E-state index >= 15 is 0 Å². The van der Waals surface area contributed by atoms with Crippen LogP contribution in [0, 0.1) is 17.0 Å². The summed E-state index contributed by atoms with van der Waals surface area (Å²) >= 11 is 0. The molecule has 0 spiro atoms. The van der Waals surface area contributed by atoms with E-state index < -0.39 is 35.1 Å². The maximum Gasteiger partial charge on any atom is 0.338 e. The van der Waals surface area contributed by atoms with Crippen molar-refractivity contribution in [3.8, 4) is 0 Å². The fraction of sp³-hybridized carbons (Fsp3) is 0.167. The summed E-state index contributed by atoms with van der Waals surface area (Å²) in [5.41, 5.74) is 6.10. The number of carbonyl (C=O) groups excluding carboxylic acids is 3. The number of hydrogen-bond acceptors (Lipinski definition) is 8. The lowest BCUT2D eigenvalue weighted by molar-refractivity contribution is -0.383. The minimum atomic E-state index is -0.918. The number of carbonyl (C=O) groups is 3. The molecule has 10 nitrogen and oxygen atoms in total. The first kappa shape index (κ1) is 20.4. The Labute approximate surface area is 159 Å². The van der Waals surface area contributed by atoms with Crippen LogP contribution >= 0.6 is 0 Å². The lowest BCUT2D eigenvalue weighted by Gasteiger charge is -2.10. The summed E-state index contributed by atoms with van der Waals surface area (Å²) < 4.78 is 9.49. The smallest absolute Gasteiger partial charge is 0.338 e. The summed E-state index contributed by atoms with van der Waals surface area (Å²) in [5, 5.41) is 13.4. The molecule has 0 saturated carbocycles. The molecule has 2 aromatic rings. The normalized spacial score (nSPS) is 10.1. The summed E-state index contributed by atoms with van der Waals surface area (Å²) in [5.74, 6) is -2.13.